The largest absolute Gasteiger partial charge is 0.481 e. The molecule has 1 heterocycles. The van der Waals surface area contributed by atoms with Crippen molar-refractivity contribution in [3.05, 3.63) is 66.2 Å². The van der Waals surface area contributed by atoms with E-state index in [-0.39, 0.29) is 5.91 Å². The van der Waals surface area contributed by atoms with Crippen LogP contribution in [0, 0.1) is 0 Å². The molecule has 0 saturated heterocycles. The fourth-order valence-electron chi connectivity index (χ4n) is 2.06. The van der Waals surface area contributed by atoms with Gasteiger partial charge in [0.1, 0.15) is 10.8 Å². The number of thiazole rings is 1. The summed E-state index contributed by atoms with van der Waals surface area (Å²) in [6.45, 7) is 1.73. The van der Waals surface area contributed by atoms with Gasteiger partial charge in [-0.2, -0.15) is 0 Å². The molecular formula is C18H16N2O2S. The number of aromatic nitrogens is 1. The summed E-state index contributed by atoms with van der Waals surface area (Å²) < 4.78 is 5.61. The molecule has 2 aromatic carbocycles. The molecule has 0 aliphatic carbocycles. The Morgan fingerprint density at radius 3 is 2.52 bits per heavy atom. The van der Waals surface area contributed by atoms with E-state index >= 15 is 0 Å². The second kappa shape index (κ2) is 7.07. The smallest absolute Gasteiger partial charge is 0.265 e. The molecule has 0 fully saturated rings. The fraction of sp³-hybridized carbons (Fsp3) is 0.111. The predicted molar refractivity (Wildman–Crippen MR) is 92.7 cm³/mol. The lowest BCUT2D eigenvalue weighted by atomic mass is 10.2. The zero-order chi connectivity index (χ0) is 16.1. The van der Waals surface area contributed by atoms with Crippen LogP contribution in [-0.4, -0.2) is 17.0 Å². The molecule has 0 saturated carbocycles. The highest BCUT2D eigenvalue weighted by molar-refractivity contribution is 7.13. The lowest BCUT2D eigenvalue weighted by molar-refractivity contribution is -0.122. The molecule has 116 valence electrons. The molecule has 1 aromatic heterocycles. The van der Waals surface area contributed by atoms with Gasteiger partial charge in [-0.25, -0.2) is 4.98 Å². The van der Waals surface area contributed by atoms with Crippen LogP contribution in [0.2, 0.25) is 0 Å². The second-order valence-electron chi connectivity index (χ2n) is 4.98. The van der Waals surface area contributed by atoms with Crippen molar-refractivity contribution in [1.82, 2.24) is 4.98 Å². The lowest BCUT2D eigenvalue weighted by Gasteiger charge is -2.14. The van der Waals surface area contributed by atoms with Gasteiger partial charge in [0.15, 0.2) is 6.10 Å². The molecular weight excluding hydrogens is 308 g/mol. The van der Waals surface area contributed by atoms with Crippen LogP contribution >= 0.6 is 11.3 Å². The molecule has 1 atom stereocenters. The topological polar surface area (TPSA) is 51.2 Å². The van der Waals surface area contributed by atoms with Crippen LogP contribution in [0.4, 0.5) is 5.69 Å². The van der Waals surface area contributed by atoms with Crippen molar-refractivity contribution in [3.8, 4) is 16.3 Å². The highest BCUT2D eigenvalue weighted by Crippen LogP contribution is 2.23. The lowest BCUT2D eigenvalue weighted by Crippen LogP contribution is -2.30. The third kappa shape index (κ3) is 3.96. The maximum Gasteiger partial charge on any atom is 0.265 e. The number of anilines is 1. The molecule has 3 aromatic rings. The number of para-hydroxylation sites is 1. The van der Waals surface area contributed by atoms with Crippen LogP contribution in [0.15, 0.2) is 66.2 Å². The summed E-state index contributed by atoms with van der Waals surface area (Å²) in [5, 5.41) is 5.75. The maximum atomic E-state index is 12.2. The van der Waals surface area contributed by atoms with Crippen LogP contribution in [0.5, 0.6) is 5.75 Å². The zero-order valence-corrected chi connectivity index (χ0v) is 13.4. The monoisotopic (exact) mass is 324 g/mol. The third-order valence-corrected chi connectivity index (χ3v) is 4.08. The third-order valence-electron chi connectivity index (χ3n) is 3.26. The Hall–Kier alpha value is -2.66. The highest BCUT2D eigenvalue weighted by Gasteiger charge is 2.14. The Kier molecular flexibility index (Phi) is 4.68. The second-order valence-corrected chi connectivity index (χ2v) is 5.87. The first-order chi connectivity index (χ1) is 11.2. The number of carbonyl (C=O) groups is 1. The number of hydrogen-bond acceptors (Lipinski definition) is 4. The van der Waals surface area contributed by atoms with Crippen LogP contribution < -0.4 is 10.1 Å². The first kappa shape index (κ1) is 15.2. The molecule has 1 N–H and O–H groups in total. The zero-order valence-electron chi connectivity index (χ0n) is 12.6. The quantitative estimate of drug-likeness (QED) is 0.764. The highest BCUT2D eigenvalue weighted by atomic mass is 32.1. The Balaban J connectivity index is 1.61. The van der Waals surface area contributed by atoms with Gasteiger partial charge in [-0.15, -0.1) is 11.3 Å². The van der Waals surface area contributed by atoms with Gasteiger partial charge in [0, 0.05) is 22.8 Å². The Morgan fingerprint density at radius 1 is 1.13 bits per heavy atom. The Morgan fingerprint density at radius 2 is 1.87 bits per heavy atom. The van der Waals surface area contributed by atoms with E-state index in [1.54, 1.807) is 24.5 Å². The Labute approximate surface area is 138 Å². The van der Waals surface area contributed by atoms with Crippen molar-refractivity contribution in [3.63, 3.8) is 0 Å². The minimum absolute atomic E-state index is 0.184. The minimum atomic E-state index is -0.573. The molecule has 0 radical (unpaired) electrons. The first-order valence-corrected chi connectivity index (χ1v) is 8.13. The Bertz CT molecular complexity index is 755. The average molecular weight is 324 g/mol. The maximum absolute atomic E-state index is 12.2. The number of ether oxygens (including phenoxy) is 1. The van der Waals surface area contributed by atoms with Crippen molar-refractivity contribution in [1.29, 1.82) is 0 Å². The van der Waals surface area contributed by atoms with Crippen molar-refractivity contribution in [2.75, 3.05) is 5.32 Å². The molecule has 4 nitrogen and oxygen atoms in total. The van der Waals surface area contributed by atoms with Crippen LogP contribution in [0.3, 0.4) is 0 Å². The molecule has 0 unspecified atom stereocenters. The van der Waals surface area contributed by atoms with E-state index in [0.29, 0.717) is 5.75 Å². The van der Waals surface area contributed by atoms with E-state index < -0.39 is 6.10 Å². The van der Waals surface area contributed by atoms with Gasteiger partial charge in [-0.1, -0.05) is 18.2 Å². The van der Waals surface area contributed by atoms with Gasteiger partial charge < -0.3 is 10.1 Å². The van der Waals surface area contributed by atoms with Crippen LogP contribution in [-0.2, 0) is 4.79 Å². The average Bonchev–Trinajstić information content (AvgIpc) is 3.11. The molecule has 0 aliphatic rings. The van der Waals surface area contributed by atoms with E-state index in [1.165, 1.54) is 0 Å². The number of nitrogens with zero attached hydrogens (tertiary/aromatic N) is 1. The van der Waals surface area contributed by atoms with E-state index in [4.69, 9.17) is 4.74 Å². The summed E-state index contributed by atoms with van der Waals surface area (Å²) in [4.78, 5) is 16.4. The molecule has 0 bridgehead atoms. The molecule has 5 heteroatoms. The number of amides is 1. The van der Waals surface area contributed by atoms with Crippen LogP contribution in [0.1, 0.15) is 6.92 Å². The summed E-state index contributed by atoms with van der Waals surface area (Å²) in [5.74, 6) is 0.491. The normalized spacial score (nSPS) is 11.7. The summed E-state index contributed by atoms with van der Waals surface area (Å²) in [6.07, 6.45) is 1.20. The van der Waals surface area contributed by atoms with E-state index in [2.05, 4.69) is 10.3 Å². The van der Waals surface area contributed by atoms with Gasteiger partial charge in [0.2, 0.25) is 0 Å². The molecule has 1 amide bonds. The first-order valence-electron chi connectivity index (χ1n) is 7.25. The van der Waals surface area contributed by atoms with Gasteiger partial charge in [0.05, 0.1) is 0 Å². The van der Waals surface area contributed by atoms with Crippen molar-refractivity contribution in [2.24, 2.45) is 0 Å². The summed E-state index contributed by atoms with van der Waals surface area (Å²) >= 11 is 1.58. The van der Waals surface area contributed by atoms with Crippen LogP contribution in [0.25, 0.3) is 10.6 Å². The van der Waals surface area contributed by atoms with Gasteiger partial charge in [-0.05, 0) is 43.3 Å². The number of benzene rings is 2. The summed E-state index contributed by atoms with van der Waals surface area (Å²) in [6, 6.07) is 16.9. The van der Waals surface area contributed by atoms with Crippen molar-refractivity contribution >= 4 is 22.9 Å². The standard InChI is InChI=1S/C18H16N2O2S/c1-13(22-16-5-3-2-4-6-16)17(21)20-15-9-7-14(8-10-15)18-19-11-12-23-18/h2-13H,1H3,(H,20,21)/t13-/m0/s1. The minimum Gasteiger partial charge on any atom is -0.481 e. The van der Waals surface area contributed by atoms with Crippen molar-refractivity contribution < 1.29 is 9.53 Å². The molecule has 23 heavy (non-hydrogen) atoms. The van der Waals surface area contributed by atoms with Gasteiger partial charge in [0.25, 0.3) is 5.91 Å². The molecule has 3 rings (SSSR count). The van der Waals surface area contributed by atoms with Crippen molar-refractivity contribution in [2.45, 2.75) is 13.0 Å². The number of carbonyl (C=O) groups excluding carboxylic acids is 1. The SMILES string of the molecule is C[C@H](Oc1ccccc1)C(=O)Nc1ccc(-c2nccs2)cc1. The van der Waals surface area contributed by atoms with E-state index in [1.807, 2.05) is 60.0 Å². The van der Waals surface area contributed by atoms with Gasteiger partial charge >= 0.3 is 0 Å². The summed E-state index contributed by atoms with van der Waals surface area (Å²) in [5.41, 5.74) is 1.77. The van der Waals surface area contributed by atoms with Gasteiger partial charge in [-0.3, -0.25) is 4.79 Å². The van der Waals surface area contributed by atoms with E-state index in [9.17, 15) is 4.79 Å². The molecule has 0 spiro atoms. The van der Waals surface area contributed by atoms with E-state index in [0.717, 1.165) is 16.3 Å². The molecule has 0 aliphatic heterocycles. The summed E-state index contributed by atoms with van der Waals surface area (Å²) in [7, 11) is 0. The number of nitrogens with one attached hydrogen (secondary N) is 1. The fourth-order valence-corrected chi connectivity index (χ4v) is 2.71. The number of rotatable bonds is 5. The number of hydrogen-bond donors (Lipinski definition) is 1. The predicted octanol–water partition coefficient (Wildman–Crippen LogP) is 4.22.